The molecule has 0 unspecified atom stereocenters. The van der Waals surface area contributed by atoms with Crippen LogP contribution in [0.3, 0.4) is 0 Å². The number of anilines is 2. The van der Waals surface area contributed by atoms with Gasteiger partial charge in [-0.2, -0.15) is 0 Å². The zero-order chi connectivity index (χ0) is 18.1. The molecular weight excluding hydrogens is 387 g/mol. The number of halogens is 2. The number of carbonyl (C=O) groups excluding carboxylic acids is 1. The second kappa shape index (κ2) is 7.31. The van der Waals surface area contributed by atoms with Crippen molar-refractivity contribution in [2.24, 2.45) is 0 Å². The standard InChI is InChI=1S/C20H14Cl2N2OS/c21-15-5-1-3-13(7-15)14-4-2-6-17(8-14)24(20(25)19-12-26-19)18-9-16(22)10-23-11-18/h1-11,19H,12H2/p+1/t19-/m0/s1. The Labute approximate surface area is 166 Å². The van der Waals surface area contributed by atoms with Gasteiger partial charge in [-0.1, -0.05) is 47.5 Å². The summed E-state index contributed by atoms with van der Waals surface area (Å²) in [6, 6.07) is 17.3. The molecule has 0 saturated carbocycles. The monoisotopic (exact) mass is 401 g/mol. The van der Waals surface area contributed by atoms with Crippen LogP contribution in [0.5, 0.6) is 0 Å². The minimum absolute atomic E-state index is 0.0452. The van der Waals surface area contributed by atoms with E-state index >= 15 is 0 Å². The molecule has 6 heteroatoms. The molecule has 3 aromatic rings. The molecule has 4 rings (SSSR count). The summed E-state index contributed by atoms with van der Waals surface area (Å²) < 4.78 is 0. The highest BCUT2D eigenvalue weighted by Gasteiger charge is 2.45. The third-order valence-electron chi connectivity index (χ3n) is 4.08. The highest BCUT2D eigenvalue weighted by Crippen LogP contribution is 2.33. The molecule has 1 aromatic heterocycles. The predicted octanol–water partition coefficient (Wildman–Crippen LogP) is 4.92. The largest absolute Gasteiger partial charge is 0.289 e. The minimum Gasteiger partial charge on any atom is -0.275 e. The summed E-state index contributed by atoms with van der Waals surface area (Å²) in [6.45, 7) is 0. The fraction of sp³-hybridized carbons (Fsp3) is 0.100. The zero-order valence-corrected chi connectivity index (χ0v) is 16.0. The molecular formula is C20H15Cl2N2OS+. The molecule has 1 fully saturated rings. The van der Waals surface area contributed by atoms with Gasteiger partial charge in [-0.25, -0.2) is 0 Å². The first-order chi connectivity index (χ1) is 12.6. The number of pyridine rings is 1. The van der Waals surface area contributed by atoms with E-state index in [9.17, 15) is 4.79 Å². The zero-order valence-electron chi connectivity index (χ0n) is 13.6. The molecule has 0 radical (unpaired) electrons. The quantitative estimate of drug-likeness (QED) is 0.353. The number of amides is 1. The molecule has 1 amide bonds. The summed E-state index contributed by atoms with van der Waals surface area (Å²) in [6.07, 6.45) is 3.22. The first kappa shape index (κ1) is 17.4. The maximum Gasteiger partial charge on any atom is 0.289 e. The van der Waals surface area contributed by atoms with Crippen LogP contribution in [0.1, 0.15) is 0 Å². The molecule has 2 aromatic carbocycles. The lowest BCUT2D eigenvalue weighted by molar-refractivity contribution is -0.116. The number of hydrogen-bond acceptors (Lipinski definition) is 2. The van der Waals surface area contributed by atoms with E-state index in [2.05, 4.69) is 4.98 Å². The van der Waals surface area contributed by atoms with E-state index in [0.29, 0.717) is 15.7 Å². The first-order valence-corrected chi connectivity index (χ1v) is 9.99. The summed E-state index contributed by atoms with van der Waals surface area (Å²) in [5.41, 5.74) is 3.46. The van der Waals surface area contributed by atoms with Crippen molar-refractivity contribution in [3.63, 3.8) is 0 Å². The van der Waals surface area contributed by atoms with Crippen LogP contribution >= 0.6 is 23.2 Å². The second-order valence-electron chi connectivity index (χ2n) is 5.98. The van der Waals surface area contributed by atoms with Crippen LogP contribution in [0, 0.1) is 0 Å². The Hall–Kier alpha value is -2.01. The lowest BCUT2D eigenvalue weighted by atomic mass is 10.0. The van der Waals surface area contributed by atoms with E-state index in [0.717, 1.165) is 34.3 Å². The van der Waals surface area contributed by atoms with Crippen LogP contribution < -0.4 is 4.90 Å². The molecule has 2 heterocycles. The van der Waals surface area contributed by atoms with Gasteiger partial charge in [0.15, 0.2) is 5.75 Å². The molecule has 0 aliphatic carbocycles. The van der Waals surface area contributed by atoms with Crippen LogP contribution in [0.4, 0.5) is 11.4 Å². The van der Waals surface area contributed by atoms with Crippen molar-refractivity contribution in [2.75, 3.05) is 10.7 Å². The van der Waals surface area contributed by atoms with E-state index in [1.54, 1.807) is 23.4 Å². The van der Waals surface area contributed by atoms with Gasteiger partial charge in [0.1, 0.15) is 0 Å². The number of rotatable bonds is 4. The smallest absolute Gasteiger partial charge is 0.275 e. The summed E-state index contributed by atoms with van der Waals surface area (Å²) in [5.74, 6) is 0.969. The van der Waals surface area contributed by atoms with Crippen LogP contribution in [0.15, 0.2) is 67.0 Å². The van der Waals surface area contributed by atoms with Gasteiger partial charge in [-0.3, -0.25) is 14.7 Å². The topological polar surface area (TPSA) is 33.2 Å². The van der Waals surface area contributed by atoms with Crippen molar-refractivity contribution in [2.45, 2.75) is 5.25 Å². The summed E-state index contributed by atoms with van der Waals surface area (Å²) in [7, 11) is 0. The summed E-state index contributed by atoms with van der Waals surface area (Å²) >= 11 is 13.4. The van der Waals surface area contributed by atoms with Crippen molar-refractivity contribution < 1.29 is 4.79 Å². The summed E-state index contributed by atoms with van der Waals surface area (Å²) in [4.78, 5) is 18.8. The summed E-state index contributed by atoms with van der Waals surface area (Å²) in [5, 5.41) is 1.22. The third kappa shape index (κ3) is 3.73. The second-order valence-corrected chi connectivity index (χ2v) is 8.20. The fourth-order valence-electron chi connectivity index (χ4n) is 2.78. The molecule has 0 spiro atoms. The Kier molecular flexibility index (Phi) is 4.90. The van der Waals surface area contributed by atoms with Crippen LogP contribution in [-0.4, -0.2) is 21.9 Å². The molecule has 26 heavy (non-hydrogen) atoms. The van der Waals surface area contributed by atoms with Gasteiger partial charge < -0.3 is 0 Å². The van der Waals surface area contributed by atoms with Gasteiger partial charge in [-0.15, -0.1) is 0 Å². The highest BCUT2D eigenvalue weighted by atomic mass is 35.5. The van der Waals surface area contributed by atoms with E-state index in [1.165, 1.54) is 0 Å². The third-order valence-corrected chi connectivity index (χ3v) is 5.47. The van der Waals surface area contributed by atoms with E-state index in [1.807, 2.05) is 48.5 Å². The van der Waals surface area contributed by atoms with E-state index in [-0.39, 0.29) is 11.2 Å². The molecule has 0 N–H and O–H groups in total. The van der Waals surface area contributed by atoms with Gasteiger partial charge in [0, 0.05) is 16.9 Å². The number of nitrogens with zero attached hydrogens (tertiary/aromatic N) is 2. The fourth-order valence-corrected chi connectivity index (χ4v) is 3.67. The van der Waals surface area contributed by atoms with Crippen LogP contribution in [-0.2, 0) is 16.6 Å². The van der Waals surface area contributed by atoms with Crippen molar-refractivity contribution >= 4 is 52.2 Å². The predicted molar refractivity (Wildman–Crippen MR) is 111 cm³/mol. The lowest BCUT2D eigenvalue weighted by Crippen LogP contribution is -2.30. The van der Waals surface area contributed by atoms with Crippen molar-refractivity contribution in [3.05, 3.63) is 77.0 Å². The maximum absolute atomic E-state index is 12.9. The Morgan fingerprint density at radius 1 is 0.962 bits per heavy atom. The Morgan fingerprint density at radius 3 is 2.38 bits per heavy atom. The average Bonchev–Trinajstić information content (AvgIpc) is 3.47. The Bertz CT molecular complexity index is 975. The average molecular weight is 402 g/mol. The van der Waals surface area contributed by atoms with Crippen molar-refractivity contribution in [3.8, 4) is 11.1 Å². The lowest BCUT2D eigenvalue weighted by Gasteiger charge is -2.22. The van der Waals surface area contributed by atoms with Gasteiger partial charge in [0.2, 0.25) is 5.25 Å². The number of carbonyl (C=O) groups is 1. The van der Waals surface area contributed by atoms with Gasteiger partial charge in [0.05, 0.1) is 16.9 Å². The number of aromatic nitrogens is 1. The van der Waals surface area contributed by atoms with Crippen molar-refractivity contribution in [1.82, 2.24) is 4.98 Å². The van der Waals surface area contributed by atoms with Gasteiger partial charge in [-0.05, 0) is 53.2 Å². The van der Waals surface area contributed by atoms with Crippen LogP contribution in [0.25, 0.3) is 11.1 Å². The number of hydrogen-bond donors (Lipinski definition) is 0. The highest BCUT2D eigenvalue weighted by molar-refractivity contribution is 7.87. The number of benzene rings is 2. The first-order valence-electron chi connectivity index (χ1n) is 8.09. The molecule has 0 bridgehead atoms. The van der Waals surface area contributed by atoms with Gasteiger partial charge >= 0.3 is 0 Å². The molecule has 1 aliphatic rings. The molecule has 3 nitrogen and oxygen atoms in total. The SMILES string of the molecule is O=C([C@@H]1C[SH+]1)N(c1cncc(Cl)c1)c1cccc(-c2cccc(Cl)c2)c1. The molecule has 1 aliphatic heterocycles. The minimum atomic E-state index is 0.0452. The number of thiol groups is 1. The normalized spacial score (nSPS) is 15.5. The van der Waals surface area contributed by atoms with Crippen molar-refractivity contribution in [1.29, 1.82) is 0 Å². The molecule has 130 valence electrons. The molecule has 1 saturated heterocycles. The van der Waals surface area contributed by atoms with Gasteiger partial charge in [0.25, 0.3) is 5.91 Å². The van der Waals surface area contributed by atoms with E-state index in [4.69, 9.17) is 23.2 Å². The Morgan fingerprint density at radius 2 is 1.69 bits per heavy atom. The Balaban J connectivity index is 1.78. The maximum atomic E-state index is 12.9. The molecule has 1 atom stereocenters. The van der Waals surface area contributed by atoms with Crippen LogP contribution in [0.2, 0.25) is 10.0 Å². The van der Waals surface area contributed by atoms with E-state index < -0.39 is 0 Å².